The second kappa shape index (κ2) is 7.01. The van der Waals surface area contributed by atoms with Crippen molar-refractivity contribution >= 4 is 17.7 Å². The number of hydrogen-bond donors (Lipinski definition) is 2. The van der Waals surface area contributed by atoms with E-state index < -0.39 is 24.0 Å². The van der Waals surface area contributed by atoms with Crippen molar-refractivity contribution < 1.29 is 24.2 Å². The Hall–Kier alpha value is -1.43. The molecule has 6 heteroatoms. The lowest BCUT2D eigenvalue weighted by Gasteiger charge is -2.19. The van der Waals surface area contributed by atoms with Gasteiger partial charge in [-0.05, 0) is 19.8 Å². The van der Waals surface area contributed by atoms with Crippen LogP contribution < -0.4 is 5.32 Å². The zero-order chi connectivity index (χ0) is 13.6. The van der Waals surface area contributed by atoms with E-state index in [-0.39, 0.29) is 18.3 Å². The zero-order valence-corrected chi connectivity index (χ0v) is 10.5. The molecule has 6 nitrogen and oxygen atoms in total. The van der Waals surface area contributed by atoms with Gasteiger partial charge in [0.2, 0.25) is 5.91 Å². The number of carbonyl (C=O) groups is 3. The molecule has 0 aliphatic carbocycles. The highest BCUT2D eigenvalue weighted by Gasteiger charge is 2.21. The molecule has 0 radical (unpaired) electrons. The van der Waals surface area contributed by atoms with Gasteiger partial charge in [-0.15, -0.1) is 0 Å². The van der Waals surface area contributed by atoms with Gasteiger partial charge in [0.05, 0.1) is 6.04 Å². The van der Waals surface area contributed by atoms with Gasteiger partial charge < -0.3 is 15.2 Å². The summed E-state index contributed by atoms with van der Waals surface area (Å²) in [5.41, 5.74) is 0. The van der Waals surface area contributed by atoms with E-state index in [0.717, 1.165) is 0 Å². The lowest BCUT2D eigenvalue weighted by Crippen LogP contribution is -2.45. The highest BCUT2D eigenvalue weighted by atomic mass is 16.5. The number of carboxylic acid groups (broad SMARTS) is 1. The SMILES string of the molecule is CC(=O)C(NC(=O)CO[C@H](C)C(=O)O)C(C)C. The third kappa shape index (κ3) is 6.01. The van der Waals surface area contributed by atoms with Crippen molar-refractivity contribution in [2.45, 2.75) is 39.8 Å². The molecule has 0 spiro atoms. The standard InChI is InChI=1S/C11H19NO5/c1-6(2)10(7(3)13)12-9(14)5-17-8(4)11(15)16/h6,8,10H,5H2,1-4H3,(H,12,14)(H,15,16)/t8-,10?/m1/s1. The molecule has 0 saturated carbocycles. The molecule has 0 saturated heterocycles. The van der Waals surface area contributed by atoms with Gasteiger partial charge in [-0.3, -0.25) is 9.59 Å². The minimum absolute atomic E-state index is 0.0200. The summed E-state index contributed by atoms with van der Waals surface area (Å²) in [6, 6.07) is -0.564. The van der Waals surface area contributed by atoms with Gasteiger partial charge in [0.15, 0.2) is 11.9 Å². The van der Waals surface area contributed by atoms with Crippen LogP contribution in [-0.2, 0) is 19.1 Å². The molecule has 2 atom stereocenters. The van der Waals surface area contributed by atoms with Crippen LogP contribution in [0.2, 0.25) is 0 Å². The van der Waals surface area contributed by atoms with E-state index in [0.29, 0.717) is 0 Å². The van der Waals surface area contributed by atoms with Gasteiger partial charge in [-0.1, -0.05) is 13.8 Å². The molecule has 17 heavy (non-hydrogen) atoms. The molecule has 1 unspecified atom stereocenters. The molecule has 1 amide bonds. The second-order valence-corrected chi connectivity index (χ2v) is 4.19. The summed E-state index contributed by atoms with van der Waals surface area (Å²) < 4.78 is 4.80. The van der Waals surface area contributed by atoms with E-state index in [2.05, 4.69) is 5.32 Å². The molecule has 0 aromatic heterocycles. The number of aliphatic carboxylic acids is 1. The summed E-state index contributed by atoms with van der Waals surface area (Å²) in [6.07, 6.45) is -1.05. The Morgan fingerprint density at radius 1 is 1.24 bits per heavy atom. The highest BCUT2D eigenvalue weighted by molar-refractivity contribution is 5.88. The van der Waals surface area contributed by atoms with Gasteiger partial charge in [-0.2, -0.15) is 0 Å². The second-order valence-electron chi connectivity index (χ2n) is 4.19. The third-order valence-electron chi connectivity index (χ3n) is 2.23. The molecule has 0 fully saturated rings. The number of ketones is 1. The first-order valence-electron chi connectivity index (χ1n) is 5.40. The minimum atomic E-state index is -1.13. The molecule has 0 rings (SSSR count). The summed E-state index contributed by atoms with van der Waals surface area (Å²) in [4.78, 5) is 33.1. The fourth-order valence-electron chi connectivity index (χ4n) is 1.22. The predicted molar refractivity (Wildman–Crippen MR) is 60.5 cm³/mol. The molecule has 0 aliphatic heterocycles. The highest BCUT2D eigenvalue weighted by Crippen LogP contribution is 2.02. The smallest absolute Gasteiger partial charge is 0.332 e. The fraction of sp³-hybridized carbons (Fsp3) is 0.727. The van der Waals surface area contributed by atoms with Crippen molar-refractivity contribution in [3.05, 3.63) is 0 Å². The minimum Gasteiger partial charge on any atom is -0.479 e. The molecule has 0 bridgehead atoms. The van der Waals surface area contributed by atoms with E-state index in [1.807, 2.05) is 13.8 Å². The van der Waals surface area contributed by atoms with Crippen LogP contribution in [-0.4, -0.2) is 41.5 Å². The quantitative estimate of drug-likeness (QED) is 0.668. The number of nitrogens with one attached hydrogen (secondary N) is 1. The van der Waals surface area contributed by atoms with E-state index in [1.165, 1.54) is 13.8 Å². The van der Waals surface area contributed by atoms with Crippen LogP contribution in [0.5, 0.6) is 0 Å². The topological polar surface area (TPSA) is 92.7 Å². The summed E-state index contributed by atoms with van der Waals surface area (Å²) in [7, 11) is 0. The van der Waals surface area contributed by atoms with Crippen molar-refractivity contribution in [1.82, 2.24) is 5.32 Å². The van der Waals surface area contributed by atoms with Gasteiger partial charge in [-0.25, -0.2) is 4.79 Å². The number of ether oxygens (including phenoxy) is 1. The Kier molecular flexibility index (Phi) is 6.42. The Balaban J connectivity index is 4.16. The number of rotatable bonds is 7. The Morgan fingerprint density at radius 3 is 2.12 bits per heavy atom. The van der Waals surface area contributed by atoms with Crippen LogP contribution in [0.1, 0.15) is 27.7 Å². The molecule has 0 aliphatic rings. The van der Waals surface area contributed by atoms with Gasteiger partial charge in [0.25, 0.3) is 0 Å². The largest absolute Gasteiger partial charge is 0.479 e. The van der Waals surface area contributed by atoms with Gasteiger partial charge in [0, 0.05) is 0 Å². The molecular formula is C11H19NO5. The number of carbonyl (C=O) groups excluding carboxylic acids is 2. The first-order valence-corrected chi connectivity index (χ1v) is 5.40. The van der Waals surface area contributed by atoms with Crippen LogP contribution in [0.15, 0.2) is 0 Å². The van der Waals surface area contributed by atoms with E-state index >= 15 is 0 Å². The number of hydrogen-bond acceptors (Lipinski definition) is 4. The van der Waals surface area contributed by atoms with Crippen LogP contribution >= 0.6 is 0 Å². The first kappa shape index (κ1) is 15.6. The average molecular weight is 245 g/mol. The van der Waals surface area contributed by atoms with Crippen LogP contribution in [0, 0.1) is 5.92 Å². The Labute approximate surface area is 100 Å². The lowest BCUT2D eigenvalue weighted by atomic mass is 10.0. The van der Waals surface area contributed by atoms with Crippen molar-refractivity contribution in [1.29, 1.82) is 0 Å². The fourth-order valence-corrected chi connectivity index (χ4v) is 1.22. The number of Topliss-reactive ketones (excluding diaryl/α,β-unsaturated/α-hetero) is 1. The molecule has 2 N–H and O–H groups in total. The normalized spacial score (nSPS) is 14.2. The number of amides is 1. The van der Waals surface area contributed by atoms with E-state index in [1.54, 1.807) is 0 Å². The molecule has 0 aromatic carbocycles. The van der Waals surface area contributed by atoms with Crippen molar-refractivity contribution in [2.75, 3.05) is 6.61 Å². The lowest BCUT2D eigenvalue weighted by molar-refractivity contribution is -0.151. The maximum absolute atomic E-state index is 11.4. The Morgan fingerprint density at radius 2 is 1.76 bits per heavy atom. The zero-order valence-electron chi connectivity index (χ0n) is 10.5. The summed E-state index contributed by atoms with van der Waals surface area (Å²) in [5.74, 6) is -1.79. The summed E-state index contributed by atoms with van der Waals surface area (Å²) in [5, 5.41) is 11.0. The first-order chi connectivity index (χ1) is 7.75. The summed E-state index contributed by atoms with van der Waals surface area (Å²) >= 11 is 0. The number of carboxylic acids is 1. The maximum atomic E-state index is 11.4. The summed E-state index contributed by atoms with van der Waals surface area (Å²) in [6.45, 7) is 5.98. The van der Waals surface area contributed by atoms with Crippen LogP contribution in [0.25, 0.3) is 0 Å². The van der Waals surface area contributed by atoms with Gasteiger partial charge in [0.1, 0.15) is 6.61 Å². The monoisotopic (exact) mass is 245 g/mol. The Bertz CT molecular complexity index is 300. The van der Waals surface area contributed by atoms with Crippen molar-refractivity contribution in [3.63, 3.8) is 0 Å². The predicted octanol–water partition coefficient (Wildman–Crippen LogP) is 0.206. The van der Waals surface area contributed by atoms with Crippen LogP contribution in [0.3, 0.4) is 0 Å². The maximum Gasteiger partial charge on any atom is 0.332 e. The molecule has 0 aromatic rings. The molecule has 98 valence electrons. The third-order valence-corrected chi connectivity index (χ3v) is 2.23. The molecule has 0 heterocycles. The van der Waals surface area contributed by atoms with Crippen molar-refractivity contribution in [2.24, 2.45) is 5.92 Å². The van der Waals surface area contributed by atoms with Crippen LogP contribution in [0.4, 0.5) is 0 Å². The van der Waals surface area contributed by atoms with Crippen molar-refractivity contribution in [3.8, 4) is 0 Å². The van der Waals surface area contributed by atoms with E-state index in [9.17, 15) is 14.4 Å². The average Bonchev–Trinajstić information content (AvgIpc) is 2.21. The van der Waals surface area contributed by atoms with E-state index in [4.69, 9.17) is 9.84 Å². The molecular weight excluding hydrogens is 226 g/mol. The van der Waals surface area contributed by atoms with Gasteiger partial charge >= 0.3 is 5.97 Å².